The summed E-state index contributed by atoms with van der Waals surface area (Å²) in [6.07, 6.45) is -0.268. The van der Waals surface area contributed by atoms with Gasteiger partial charge in [-0.2, -0.15) is 0 Å². The van der Waals surface area contributed by atoms with E-state index in [4.69, 9.17) is 14.2 Å². The molecule has 1 aliphatic rings. The Balaban J connectivity index is 1.34. The number of hydrogen-bond acceptors (Lipinski definition) is 6. The fraction of sp³-hybridized carbons (Fsp3) is 0.300. The van der Waals surface area contributed by atoms with Crippen LogP contribution < -0.4 is 14.2 Å². The van der Waals surface area contributed by atoms with E-state index >= 15 is 0 Å². The third-order valence-corrected chi connectivity index (χ3v) is 5.22. The van der Waals surface area contributed by atoms with Crippen molar-refractivity contribution in [1.29, 1.82) is 0 Å². The molecular weight excluding hydrogens is 362 g/mol. The molecule has 0 aliphatic carbocycles. The van der Waals surface area contributed by atoms with Crippen molar-refractivity contribution in [2.24, 2.45) is 7.05 Å². The van der Waals surface area contributed by atoms with Gasteiger partial charge in [0.05, 0.1) is 6.61 Å². The van der Waals surface area contributed by atoms with Crippen LogP contribution in [-0.2, 0) is 7.05 Å². The molecule has 0 saturated carbocycles. The Kier molecular flexibility index (Phi) is 5.20. The molecule has 4 rings (SSSR count). The molecule has 2 aromatic carbocycles. The highest BCUT2D eigenvalue weighted by Gasteiger charge is 2.27. The second-order valence-corrected chi connectivity index (χ2v) is 7.34. The summed E-state index contributed by atoms with van der Waals surface area (Å²) in [5.74, 6) is 3.92. The predicted molar refractivity (Wildman–Crippen MR) is 104 cm³/mol. The second-order valence-electron chi connectivity index (χ2n) is 6.28. The number of aromatic nitrogens is 3. The first-order valence-corrected chi connectivity index (χ1v) is 9.79. The summed E-state index contributed by atoms with van der Waals surface area (Å²) in [4.78, 5) is 0. The van der Waals surface area contributed by atoms with Crippen molar-refractivity contribution in [3.05, 3.63) is 59.9 Å². The van der Waals surface area contributed by atoms with Crippen LogP contribution in [0.3, 0.4) is 0 Å². The fourth-order valence-electron chi connectivity index (χ4n) is 2.88. The van der Waals surface area contributed by atoms with E-state index in [1.807, 2.05) is 54.1 Å². The van der Waals surface area contributed by atoms with Gasteiger partial charge in [-0.3, -0.25) is 0 Å². The van der Waals surface area contributed by atoms with Crippen molar-refractivity contribution in [3.63, 3.8) is 0 Å². The summed E-state index contributed by atoms with van der Waals surface area (Å²) in [6, 6.07) is 15.7. The van der Waals surface area contributed by atoms with Crippen molar-refractivity contribution in [2.75, 3.05) is 19.0 Å². The predicted octanol–water partition coefficient (Wildman–Crippen LogP) is 3.81. The van der Waals surface area contributed by atoms with Gasteiger partial charge in [0.25, 0.3) is 0 Å². The summed E-state index contributed by atoms with van der Waals surface area (Å²) in [5.41, 5.74) is 1.19. The van der Waals surface area contributed by atoms with E-state index in [9.17, 15) is 0 Å². The molecule has 0 fully saturated rings. The van der Waals surface area contributed by atoms with Crippen LogP contribution in [0.1, 0.15) is 17.5 Å². The summed E-state index contributed by atoms with van der Waals surface area (Å²) < 4.78 is 19.5. The largest absolute Gasteiger partial charge is 0.493 e. The van der Waals surface area contributed by atoms with Gasteiger partial charge in [-0.1, -0.05) is 36.0 Å². The van der Waals surface area contributed by atoms with Gasteiger partial charge in [-0.25, -0.2) is 0 Å². The van der Waals surface area contributed by atoms with E-state index in [1.165, 1.54) is 5.56 Å². The van der Waals surface area contributed by atoms with E-state index < -0.39 is 0 Å². The van der Waals surface area contributed by atoms with Crippen LogP contribution in [0.2, 0.25) is 0 Å². The number of rotatable bonds is 6. The molecule has 0 spiro atoms. The molecule has 1 atom stereocenters. The first kappa shape index (κ1) is 17.7. The van der Waals surface area contributed by atoms with Crippen molar-refractivity contribution >= 4 is 11.8 Å². The Morgan fingerprint density at radius 3 is 2.85 bits per heavy atom. The van der Waals surface area contributed by atoms with Gasteiger partial charge in [0.2, 0.25) is 0 Å². The molecule has 0 radical (unpaired) electrons. The maximum Gasteiger partial charge on any atom is 0.192 e. The number of aryl methyl sites for hydroxylation is 1. The Morgan fingerprint density at radius 2 is 2.00 bits per heavy atom. The minimum absolute atomic E-state index is 0.268. The topological polar surface area (TPSA) is 58.4 Å². The molecule has 0 bridgehead atoms. The van der Waals surface area contributed by atoms with Gasteiger partial charge >= 0.3 is 0 Å². The molecule has 140 valence electrons. The average molecular weight is 383 g/mol. The Morgan fingerprint density at radius 1 is 1.15 bits per heavy atom. The molecule has 3 aromatic rings. The standard InChI is InChI=1S/C20H21N3O3S/c1-14-6-5-7-15(12-14)24-10-11-27-20-22-21-19(23(20)2)18-13-25-16-8-3-4-9-17(16)26-18/h3-9,12,18H,10-11,13H2,1-2H3. The maximum absolute atomic E-state index is 6.02. The van der Waals surface area contributed by atoms with Crippen LogP contribution in [0.4, 0.5) is 0 Å². The smallest absolute Gasteiger partial charge is 0.192 e. The van der Waals surface area contributed by atoms with Gasteiger partial charge in [0.15, 0.2) is 28.6 Å². The lowest BCUT2D eigenvalue weighted by Crippen LogP contribution is -2.24. The fourth-order valence-corrected chi connectivity index (χ4v) is 3.61. The normalized spacial score (nSPS) is 15.6. The van der Waals surface area contributed by atoms with Crippen LogP contribution >= 0.6 is 11.8 Å². The molecule has 0 N–H and O–H groups in total. The highest BCUT2D eigenvalue weighted by Crippen LogP contribution is 2.35. The molecule has 1 unspecified atom stereocenters. The van der Waals surface area contributed by atoms with Crippen molar-refractivity contribution in [3.8, 4) is 17.2 Å². The highest BCUT2D eigenvalue weighted by atomic mass is 32.2. The van der Waals surface area contributed by atoms with Gasteiger partial charge in [0, 0.05) is 12.8 Å². The van der Waals surface area contributed by atoms with Gasteiger partial charge in [0.1, 0.15) is 12.4 Å². The minimum Gasteiger partial charge on any atom is -0.493 e. The van der Waals surface area contributed by atoms with Crippen LogP contribution in [-0.4, -0.2) is 33.7 Å². The van der Waals surface area contributed by atoms with E-state index in [1.54, 1.807) is 11.8 Å². The zero-order chi connectivity index (χ0) is 18.6. The monoisotopic (exact) mass is 383 g/mol. The number of nitrogens with zero attached hydrogens (tertiary/aromatic N) is 3. The van der Waals surface area contributed by atoms with E-state index in [0.29, 0.717) is 13.2 Å². The second kappa shape index (κ2) is 7.92. The Labute approximate surface area is 162 Å². The minimum atomic E-state index is -0.268. The SMILES string of the molecule is Cc1cccc(OCCSc2nnc(C3COc4ccccc4O3)n2C)c1. The molecule has 1 aromatic heterocycles. The van der Waals surface area contributed by atoms with E-state index in [-0.39, 0.29) is 6.10 Å². The maximum atomic E-state index is 6.02. The molecule has 1 aliphatic heterocycles. The number of hydrogen-bond donors (Lipinski definition) is 0. The quantitative estimate of drug-likeness (QED) is 0.477. The Hall–Kier alpha value is -2.67. The zero-order valence-corrected chi connectivity index (χ0v) is 16.1. The first-order chi connectivity index (χ1) is 13.2. The molecule has 6 nitrogen and oxygen atoms in total. The molecule has 2 heterocycles. The molecular formula is C20H21N3O3S. The lowest BCUT2D eigenvalue weighted by Gasteiger charge is -2.25. The van der Waals surface area contributed by atoms with Gasteiger partial charge < -0.3 is 18.8 Å². The van der Waals surface area contributed by atoms with Gasteiger partial charge in [-0.05, 0) is 36.8 Å². The van der Waals surface area contributed by atoms with Crippen molar-refractivity contribution < 1.29 is 14.2 Å². The summed E-state index contributed by atoms with van der Waals surface area (Å²) in [7, 11) is 1.95. The van der Waals surface area contributed by atoms with Crippen LogP contribution in [0.15, 0.2) is 53.7 Å². The Bertz CT molecular complexity index is 928. The number of para-hydroxylation sites is 2. The molecule has 7 heteroatoms. The zero-order valence-electron chi connectivity index (χ0n) is 15.3. The number of thioether (sulfide) groups is 1. The number of benzene rings is 2. The molecule has 0 saturated heterocycles. The molecule has 0 amide bonds. The van der Waals surface area contributed by atoms with Crippen molar-refractivity contribution in [2.45, 2.75) is 18.2 Å². The van der Waals surface area contributed by atoms with Crippen LogP contribution in [0.5, 0.6) is 17.2 Å². The summed E-state index contributed by atoms with van der Waals surface area (Å²) in [5, 5.41) is 9.43. The van der Waals surface area contributed by atoms with Crippen LogP contribution in [0, 0.1) is 6.92 Å². The average Bonchev–Trinajstić information content (AvgIpc) is 3.05. The molecule has 27 heavy (non-hydrogen) atoms. The number of ether oxygens (including phenoxy) is 3. The lowest BCUT2D eigenvalue weighted by atomic mass is 10.2. The third kappa shape index (κ3) is 4.03. The van der Waals surface area contributed by atoms with E-state index in [0.717, 1.165) is 34.0 Å². The first-order valence-electron chi connectivity index (χ1n) is 8.81. The van der Waals surface area contributed by atoms with E-state index in [2.05, 4.69) is 23.2 Å². The van der Waals surface area contributed by atoms with Crippen LogP contribution in [0.25, 0.3) is 0 Å². The van der Waals surface area contributed by atoms with Crippen molar-refractivity contribution in [1.82, 2.24) is 14.8 Å². The third-order valence-electron chi connectivity index (χ3n) is 4.24. The summed E-state index contributed by atoms with van der Waals surface area (Å²) >= 11 is 1.61. The number of fused-ring (bicyclic) bond motifs is 1. The highest BCUT2D eigenvalue weighted by molar-refractivity contribution is 7.99. The van der Waals surface area contributed by atoms with Gasteiger partial charge in [-0.15, -0.1) is 10.2 Å². The lowest BCUT2D eigenvalue weighted by molar-refractivity contribution is 0.0825. The summed E-state index contributed by atoms with van der Waals surface area (Å²) in [6.45, 7) is 3.08.